The molecule has 33 heavy (non-hydrogen) atoms. The molecule has 0 aliphatic carbocycles. The number of halogens is 2. The quantitative estimate of drug-likeness (QED) is 0.271. The number of nitrogens with zero attached hydrogens (tertiary/aromatic N) is 2. The van der Waals surface area contributed by atoms with Gasteiger partial charge in [0.25, 0.3) is 17.5 Å². The first kappa shape index (κ1) is 23.7. The van der Waals surface area contributed by atoms with Gasteiger partial charge in [-0.15, -0.1) is 0 Å². The zero-order valence-electron chi connectivity index (χ0n) is 16.8. The molecule has 11 heteroatoms. The summed E-state index contributed by atoms with van der Waals surface area (Å²) in [4.78, 5) is 34.2. The van der Waals surface area contributed by atoms with Crippen LogP contribution in [0.15, 0.2) is 71.8 Å². The lowest BCUT2D eigenvalue weighted by Crippen LogP contribution is -2.20. The second-order valence-corrected chi connectivity index (χ2v) is 7.38. The molecule has 0 spiro atoms. The molecule has 0 bridgehead atoms. The number of carbonyl (C=O) groups is 2. The fourth-order valence-corrected chi connectivity index (χ4v) is 2.92. The van der Waals surface area contributed by atoms with Crippen molar-refractivity contribution in [1.29, 1.82) is 0 Å². The highest BCUT2D eigenvalue weighted by molar-refractivity contribution is 6.32. The molecular weight excluding hydrogens is 471 g/mol. The van der Waals surface area contributed by atoms with Gasteiger partial charge >= 0.3 is 0 Å². The van der Waals surface area contributed by atoms with Crippen molar-refractivity contribution >= 4 is 52.6 Å². The zero-order valence-corrected chi connectivity index (χ0v) is 18.3. The number of non-ortho nitro benzene ring substituents is 1. The maximum absolute atomic E-state index is 12.0. The van der Waals surface area contributed by atoms with Crippen molar-refractivity contribution in [2.24, 2.45) is 5.10 Å². The van der Waals surface area contributed by atoms with Gasteiger partial charge in [-0.05, 0) is 60.2 Å². The molecule has 0 aromatic heterocycles. The van der Waals surface area contributed by atoms with E-state index in [4.69, 9.17) is 27.9 Å². The van der Waals surface area contributed by atoms with Gasteiger partial charge in [0.1, 0.15) is 5.75 Å². The Morgan fingerprint density at radius 1 is 1.03 bits per heavy atom. The number of hydrogen-bond acceptors (Lipinski definition) is 6. The molecule has 0 aliphatic rings. The van der Waals surface area contributed by atoms with E-state index in [9.17, 15) is 19.7 Å². The highest BCUT2D eigenvalue weighted by Gasteiger charge is 2.09. The third-order valence-corrected chi connectivity index (χ3v) is 4.71. The zero-order chi connectivity index (χ0) is 23.8. The predicted molar refractivity (Wildman–Crippen MR) is 125 cm³/mol. The lowest BCUT2D eigenvalue weighted by Gasteiger charge is -2.09. The highest BCUT2D eigenvalue weighted by atomic mass is 35.5. The van der Waals surface area contributed by atoms with Crippen molar-refractivity contribution in [1.82, 2.24) is 5.43 Å². The molecule has 0 unspecified atom stereocenters. The molecule has 0 radical (unpaired) electrons. The summed E-state index contributed by atoms with van der Waals surface area (Å²) in [5, 5.41) is 18.0. The molecule has 3 aromatic carbocycles. The summed E-state index contributed by atoms with van der Waals surface area (Å²) >= 11 is 12.0. The third-order valence-electron chi connectivity index (χ3n) is 4.16. The minimum atomic E-state index is -0.553. The Morgan fingerprint density at radius 3 is 2.36 bits per heavy atom. The van der Waals surface area contributed by atoms with Gasteiger partial charge in [-0.2, -0.15) is 5.10 Å². The van der Waals surface area contributed by atoms with E-state index in [0.29, 0.717) is 22.0 Å². The van der Waals surface area contributed by atoms with Crippen LogP contribution in [0.2, 0.25) is 10.0 Å². The summed E-state index contributed by atoms with van der Waals surface area (Å²) in [5.74, 6) is -0.595. The molecule has 0 saturated heterocycles. The minimum Gasteiger partial charge on any atom is -0.482 e. The molecule has 2 amide bonds. The van der Waals surface area contributed by atoms with Crippen LogP contribution in [0, 0.1) is 10.1 Å². The normalized spacial score (nSPS) is 10.6. The van der Waals surface area contributed by atoms with Crippen LogP contribution in [-0.2, 0) is 4.79 Å². The van der Waals surface area contributed by atoms with Gasteiger partial charge in [0, 0.05) is 28.4 Å². The smallest absolute Gasteiger partial charge is 0.271 e. The maximum atomic E-state index is 12.0. The van der Waals surface area contributed by atoms with Crippen LogP contribution < -0.4 is 15.5 Å². The molecule has 3 rings (SSSR count). The van der Waals surface area contributed by atoms with Crippen molar-refractivity contribution < 1.29 is 19.2 Å². The fourth-order valence-electron chi connectivity index (χ4n) is 2.55. The molecule has 0 fully saturated rings. The highest BCUT2D eigenvalue weighted by Crippen LogP contribution is 2.25. The number of nitro groups is 1. The van der Waals surface area contributed by atoms with E-state index >= 15 is 0 Å². The Kier molecular flexibility index (Phi) is 7.96. The van der Waals surface area contributed by atoms with Gasteiger partial charge in [0.05, 0.1) is 16.2 Å². The van der Waals surface area contributed by atoms with E-state index in [0.717, 1.165) is 0 Å². The summed E-state index contributed by atoms with van der Waals surface area (Å²) in [6, 6.07) is 16.5. The number of hydrazone groups is 1. The van der Waals surface area contributed by atoms with Crippen LogP contribution in [0.1, 0.15) is 15.9 Å². The Hall–Kier alpha value is -3.95. The number of ether oxygens (including phenoxy) is 1. The van der Waals surface area contributed by atoms with E-state index in [1.165, 1.54) is 30.5 Å². The lowest BCUT2D eigenvalue weighted by atomic mass is 10.2. The number of carbonyl (C=O) groups excluding carboxylic acids is 2. The summed E-state index contributed by atoms with van der Waals surface area (Å²) in [6.45, 7) is -0.249. The largest absolute Gasteiger partial charge is 0.482 e. The molecule has 0 aliphatic heterocycles. The Labute approximate surface area is 198 Å². The van der Waals surface area contributed by atoms with Gasteiger partial charge < -0.3 is 10.1 Å². The Morgan fingerprint density at radius 2 is 1.73 bits per heavy atom. The van der Waals surface area contributed by atoms with Gasteiger partial charge in [0.2, 0.25) is 0 Å². The third kappa shape index (κ3) is 7.03. The first-order valence-electron chi connectivity index (χ1n) is 9.37. The van der Waals surface area contributed by atoms with E-state index in [1.807, 2.05) is 0 Å². The minimum absolute atomic E-state index is 0.116. The lowest BCUT2D eigenvalue weighted by molar-refractivity contribution is -0.384. The van der Waals surface area contributed by atoms with Crippen LogP contribution in [0.5, 0.6) is 5.75 Å². The summed E-state index contributed by atoms with van der Waals surface area (Å²) in [6.07, 6.45) is 1.37. The van der Waals surface area contributed by atoms with Crippen LogP contribution in [0.4, 0.5) is 11.4 Å². The van der Waals surface area contributed by atoms with E-state index in [-0.39, 0.29) is 28.8 Å². The van der Waals surface area contributed by atoms with Crippen LogP contribution in [0.3, 0.4) is 0 Å². The molecule has 168 valence electrons. The summed E-state index contributed by atoms with van der Waals surface area (Å²) in [5.41, 5.74) is 3.58. The number of amides is 2. The molecule has 0 saturated carbocycles. The van der Waals surface area contributed by atoms with Crippen molar-refractivity contribution in [3.05, 3.63) is 98.0 Å². The maximum Gasteiger partial charge on any atom is 0.271 e. The average molecular weight is 487 g/mol. The SMILES string of the molecule is O=C(COc1ccc(/C=N/NC(=O)c2ccc([N+](=O)[O-])cc2)cc1Cl)Nc1ccc(Cl)cc1. The molecular formula is C22H16Cl2N4O5. The van der Waals surface area contributed by atoms with Crippen molar-refractivity contribution in [3.63, 3.8) is 0 Å². The number of rotatable bonds is 8. The average Bonchev–Trinajstić information content (AvgIpc) is 2.80. The fraction of sp³-hybridized carbons (Fsp3) is 0.0455. The Bertz CT molecular complexity index is 1200. The van der Waals surface area contributed by atoms with E-state index in [1.54, 1.807) is 42.5 Å². The monoisotopic (exact) mass is 486 g/mol. The molecule has 9 nitrogen and oxygen atoms in total. The molecule has 2 N–H and O–H groups in total. The van der Waals surface area contributed by atoms with Crippen molar-refractivity contribution in [2.45, 2.75) is 0 Å². The van der Waals surface area contributed by atoms with Gasteiger partial charge in [0.15, 0.2) is 6.61 Å². The van der Waals surface area contributed by atoms with Crippen LogP contribution >= 0.6 is 23.2 Å². The van der Waals surface area contributed by atoms with E-state index < -0.39 is 10.8 Å². The molecule has 0 atom stereocenters. The van der Waals surface area contributed by atoms with Crippen LogP contribution in [-0.4, -0.2) is 29.6 Å². The predicted octanol–water partition coefficient (Wildman–Crippen LogP) is 4.68. The second kappa shape index (κ2) is 11.1. The molecule has 3 aromatic rings. The number of benzene rings is 3. The summed E-state index contributed by atoms with van der Waals surface area (Å²) in [7, 11) is 0. The van der Waals surface area contributed by atoms with Crippen molar-refractivity contribution in [3.8, 4) is 5.75 Å². The topological polar surface area (TPSA) is 123 Å². The second-order valence-electron chi connectivity index (χ2n) is 6.54. The number of nitrogens with one attached hydrogen (secondary N) is 2. The van der Waals surface area contributed by atoms with Gasteiger partial charge in [-0.25, -0.2) is 5.43 Å². The van der Waals surface area contributed by atoms with Crippen molar-refractivity contribution in [2.75, 3.05) is 11.9 Å². The first-order valence-corrected chi connectivity index (χ1v) is 10.1. The number of hydrogen-bond donors (Lipinski definition) is 2. The van der Waals surface area contributed by atoms with Gasteiger partial charge in [-0.1, -0.05) is 23.2 Å². The first-order chi connectivity index (χ1) is 15.8. The number of nitro benzene ring substituents is 1. The van der Waals surface area contributed by atoms with E-state index in [2.05, 4.69) is 15.8 Å². The van der Waals surface area contributed by atoms with Gasteiger partial charge in [-0.3, -0.25) is 19.7 Å². The standard InChI is InChI=1S/C22H16Cl2N4O5/c23-16-4-6-17(7-5-16)26-21(29)13-33-20-10-1-14(11-19(20)24)12-25-27-22(30)15-2-8-18(9-3-15)28(31)32/h1-12H,13H2,(H,26,29)(H,27,30)/b25-12+. The number of anilines is 1. The summed E-state index contributed by atoms with van der Waals surface area (Å²) < 4.78 is 5.44. The molecule has 0 heterocycles. The Balaban J connectivity index is 1.51. The van der Waals surface area contributed by atoms with Crippen LogP contribution in [0.25, 0.3) is 0 Å².